The highest BCUT2D eigenvalue weighted by Gasteiger charge is 2.22. The summed E-state index contributed by atoms with van der Waals surface area (Å²) in [6, 6.07) is 2.02. The summed E-state index contributed by atoms with van der Waals surface area (Å²) < 4.78 is 4.91. The lowest BCUT2D eigenvalue weighted by Crippen LogP contribution is -2.30. The van der Waals surface area contributed by atoms with E-state index in [0.717, 1.165) is 0 Å². The second-order valence-electron chi connectivity index (χ2n) is 2.17. The van der Waals surface area contributed by atoms with Gasteiger partial charge in [-0.25, -0.2) is 0 Å². The molecule has 1 N–H and O–H groups in total. The van der Waals surface area contributed by atoms with Crippen LogP contribution >= 0.6 is 0 Å². The SMILES string of the molecule is N#C[C@H]1CCOC[C@H]1O. The summed E-state index contributed by atoms with van der Waals surface area (Å²) in [5.74, 6) is -0.209. The monoisotopic (exact) mass is 127 g/mol. The van der Waals surface area contributed by atoms with E-state index in [0.29, 0.717) is 19.6 Å². The fourth-order valence-corrected chi connectivity index (χ4v) is 0.874. The number of nitrogens with zero attached hydrogens (tertiary/aromatic N) is 1. The summed E-state index contributed by atoms with van der Waals surface area (Å²) in [6.45, 7) is 0.924. The van der Waals surface area contributed by atoms with Gasteiger partial charge in [-0.05, 0) is 6.42 Å². The van der Waals surface area contributed by atoms with E-state index >= 15 is 0 Å². The summed E-state index contributed by atoms with van der Waals surface area (Å²) in [6.07, 6.45) is 0.0984. The number of nitriles is 1. The van der Waals surface area contributed by atoms with Crippen LogP contribution in [0, 0.1) is 17.2 Å². The van der Waals surface area contributed by atoms with Gasteiger partial charge in [-0.2, -0.15) is 5.26 Å². The number of aliphatic hydroxyl groups is 1. The Labute approximate surface area is 53.9 Å². The van der Waals surface area contributed by atoms with E-state index in [9.17, 15) is 0 Å². The minimum Gasteiger partial charge on any atom is -0.389 e. The molecular formula is C6H9NO2. The van der Waals surface area contributed by atoms with Crippen LogP contribution in [-0.4, -0.2) is 24.4 Å². The predicted molar refractivity (Wildman–Crippen MR) is 30.5 cm³/mol. The molecular weight excluding hydrogens is 118 g/mol. The van der Waals surface area contributed by atoms with Crippen LogP contribution in [0.5, 0.6) is 0 Å². The van der Waals surface area contributed by atoms with E-state index in [1.807, 2.05) is 6.07 Å². The summed E-state index contributed by atoms with van der Waals surface area (Å²) in [4.78, 5) is 0. The molecule has 0 aromatic carbocycles. The maximum atomic E-state index is 9.02. The molecule has 0 radical (unpaired) electrons. The predicted octanol–water partition coefficient (Wildman–Crippen LogP) is -0.0926. The molecule has 1 saturated heterocycles. The first kappa shape index (κ1) is 6.53. The topological polar surface area (TPSA) is 53.2 Å². The Kier molecular flexibility index (Phi) is 2.04. The van der Waals surface area contributed by atoms with Gasteiger partial charge in [0.15, 0.2) is 0 Å². The van der Waals surface area contributed by atoms with Crippen LogP contribution in [0.3, 0.4) is 0 Å². The summed E-state index contributed by atoms with van der Waals surface area (Å²) >= 11 is 0. The smallest absolute Gasteiger partial charge is 0.0932 e. The molecule has 3 nitrogen and oxygen atoms in total. The van der Waals surface area contributed by atoms with E-state index in [4.69, 9.17) is 15.1 Å². The Morgan fingerprint density at radius 1 is 1.67 bits per heavy atom. The lowest BCUT2D eigenvalue weighted by Gasteiger charge is -2.21. The number of hydrogen-bond acceptors (Lipinski definition) is 3. The van der Waals surface area contributed by atoms with Gasteiger partial charge < -0.3 is 9.84 Å². The largest absolute Gasteiger partial charge is 0.389 e. The van der Waals surface area contributed by atoms with Crippen molar-refractivity contribution in [3.8, 4) is 6.07 Å². The Bertz CT molecular complexity index is 130. The van der Waals surface area contributed by atoms with Crippen molar-refractivity contribution in [3.05, 3.63) is 0 Å². The van der Waals surface area contributed by atoms with Crippen LogP contribution in [0.1, 0.15) is 6.42 Å². The van der Waals surface area contributed by atoms with Crippen LogP contribution < -0.4 is 0 Å². The van der Waals surface area contributed by atoms with Crippen LogP contribution in [0.2, 0.25) is 0 Å². The van der Waals surface area contributed by atoms with E-state index in [1.54, 1.807) is 0 Å². The maximum absolute atomic E-state index is 9.02. The van der Waals surface area contributed by atoms with E-state index in [-0.39, 0.29) is 5.92 Å². The summed E-state index contributed by atoms with van der Waals surface area (Å²) in [7, 11) is 0. The Balaban J connectivity index is 2.41. The maximum Gasteiger partial charge on any atom is 0.0932 e. The van der Waals surface area contributed by atoms with Gasteiger partial charge in [0.05, 0.1) is 24.7 Å². The van der Waals surface area contributed by atoms with Crippen molar-refractivity contribution >= 4 is 0 Å². The van der Waals surface area contributed by atoms with Gasteiger partial charge in [0.2, 0.25) is 0 Å². The second kappa shape index (κ2) is 2.81. The van der Waals surface area contributed by atoms with Crippen molar-refractivity contribution in [2.75, 3.05) is 13.2 Å². The molecule has 0 bridgehead atoms. The fourth-order valence-electron chi connectivity index (χ4n) is 0.874. The standard InChI is InChI=1S/C6H9NO2/c7-3-5-1-2-9-4-6(5)8/h5-6,8H,1-2,4H2/t5-,6-/m1/s1. The van der Waals surface area contributed by atoms with Gasteiger partial charge >= 0.3 is 0 Å². The molecule has 2 atom stereocenters. The molecule has 1 aliphatic heterocycles. The number of ether oxygens (including phenoxy) is 1. The Hall–Kier alpha value is -0.590. The molecule has 0 aromatic heterocycles. The molecule has 0 amide bonds. The first-order valence-electron chi connectivity index (χ1n) is 3.00. The minimum atomic E-state index is -0.566. The summed E-state index contributed by atoms with van der Waals surface area (Å²) in [5.41, 5.74) is 0. The molecule has 9 heavy (non-hydrogen) atoms. The number of aliphatic hydroxyl groups excluding tert-OH is 1. The van der Waals surface area contributed by atoms with E-state index in [1.165, 1.54) is 0 Å². The van der Waals surface area contributed by atoms with Crippen LogP contribution in [0.25, 0.3) is 0 Å². The summed E-state index contributed by atoms with van der Waals surface area (Å²) in [5, 5.41) is 17.4. The van der Waals surface area contributed by atoms with Gasteiger partial charge in [-0.15, -0.1) is 0 Å². The van der Waals surface area contributed by atoms with E-state index in [2.05, 4.69) is 0 Å². The fraction of sp³-hybridized carbons (Fsp3) is 0.833. The highest BCUT2D eigenvalue weighted by atomic mass is 16.5. The first-order valence-corrected chi connectivity index (χ1v) is 3.00. The van der Waals surface area contributed by atoms with Gasteiger partial charge in [0.25, 0.3) is 0 Å². The molecule has 50 valence electrons. The Morgan fingerprint density at radius 2 is 2.44 bits per heavy atom. The third-order valence-corrected chi connectivity index (χ3v) is 1.49. The van der Waals surface area contributed by atoms with Crippen LogP contribution in [-0.2, 0) is 4.74 Å². The zero-order chi connectivity index (χ0) is 6.69. The van der Waals surface area contributed by atoms with Crippen molar-refractivity contribution in [2.45, 2.75) is 12.5 Å². The van der Waals surface area contributed by atoms with Crippen molar-refractivity contribution in [2.24, 2.45) is 5.92 Å². The molecule has 0 aromatic rings. The average Bonchev–Trinajstić information content (AvgIpc) is 1.89. The van der Waals surface area contributed by atoms with Gasteiger partial charge in [-0.1, -0.05) is 0 Å². The van der Waals surface area contributed by atoms with E-state index < -0.39 is 6.10 Å². The molecule has 0 saturated carbocycles. The normalized spacial score (nSPS) is 35.6. The number of rotatable bonds is 0. The van der Waals surface area contributed by atoms with Crippen molar-refractivity contribution in [1.29, 1.82) is 5.26 Å². The molecule has 3 heteroatoms. The van der Waals surface area contributed by atoms with Crippen molar-refractivity contribution in [3.63, 3.8) is 0 Å². The molecule has 1 aliphatic rings. The molecule has 1 rings (SSSR count). The third-order valence-electron chi connectivity index (χ3n) is 1.49. The molecule has 0 unspecified atom stereocenters. The highest BCUT2D eigenvalue weighted by molar-refractivity contribution is 4.89. The zero-order valence-electron chi connectivity index (χ0n) is 5.08. The molecule has 0 spiro atoms. The average molecular weight is 127 g/mol. The molecule has 1 fully saturated rings. The van der Waals surface area contributed by atoms with Crippen LogP contribution in [0.4, 0.5) is 0 Å². The lowest BCUT2D eigenvalue weighted by atomic mass is 10.00. The second-order valence-corrected chi connectivity index (χ2v) is 2.17. The lowest BCUT2D eigenvalue weighted by molar-refractivity contribution is -0.0275. The van der Waals surface area contributed by atoms with Gasteiger partial charge in [0, 0.05) is 6.61 Å². The Morgan fingerprint density at radius 3 is 2.89 bits per heavy atom. The molecule has 1 heterocycles. The minimum absolute atomic E-state index is 0.209. The first-order chi connectivity index (χ1) is 4.34. The van der Waals surface area contributed by atoms with Crippen molar-refractivity contribution < 1.29 is 9.84 Å². The van der Waals surface area contributed by atoms with Crippen LogP contribution in [0.15, 0.2) is 0 Å². The molecule has 0 aliphatic carbocycles. The van der Waals surface area contributed by atoms with Gasteiger partial charge in [-0.3, -0.25) is 0 Å². The zero-order valence-corrected chi connectivity index (χ0v) is 5.08. The number of hydrogen-bond donors (Lipinski definition) is 1. The van der Waals surface area contributed by atoms with Gasteiger partial charge in [0.1, 0.15) is 0 Å². The third kappa shape index (κ3) is 1.41. The quantitative estimate of drug-likeness (QED) is 0.494. The van der Waals surface area contributed by atoms with Crippen molar-refractivity contribution in [1.82, 2.24) is 0 Å². The highest BCUT2D eigenvalue weighted by Crippen LogP contribution is 2.13.